The number of ether oxygens (including phenoxy) is 1. The fourth-order valence-corrected chi connectivity index (χ4v) is 3.00. The van der Waals surface area contributed by atoms with Crippen LogP contribution in [0.15, 0.2) is 27.8 Å². The van der Waals surface area contributed by atoms with Crippen molar-refractivity contribution in [2.45, 2.75) is 26.4 Å². The number of aryl methyl sites for hydroxylation is 3. The van der Waals surface area contributed by atoms with Gasteiger partial charge < -0.3 is 14.1 Å². The first-order valence-corrected chi connectivity index (χ1v) is 8.63. The van der Waals surface area contributed by atoms with Gasteiger partial charge in [0.05, 0.1) is 17.8 Å². The zero-order valence-electron chi connectivity index (χ0n) is 15.9. The van der Waals surface area contributed by atoms with Gasteiger partial charge in [-0.15, -0.1) is 0 Å². The molecule has 9 heteroatoms. The molecule has 0 aliphatic heterocycles. The lowest BCUT2D eigenvalue weighted by Crippen LogP contribution is -2.29. The molecule has 0 bridgehead atoms. The van der Waals surface area contributed by atoms with E-state index >= 15 is 0 Å². The molecule has 0 saturated carbocycles. The van der Waals surface area contributed by atoms with Crippen LogP contribution >= 0.6 is 0 Å². The van der Waals surface area contributed by atoms with Crippen LogP contribution in [-0.4, -0.2) is 50.9 Å². The molecule has 3 rings (SSSR count). The maximum absolute atomic E-state index is 13.0. The van der Waals surface area contributed by atoms with Crippen molar-refractivity contribution in [3.8, 4) is 0 Å². The Morgan fingerprint density at radius 2 is 2.19 bits per heavy atom. The Labute approximate surface area is 156 Å². The molecule has 0 unspecified atom stereocenters. The Hall–Kier alpha value is -2.94. The average molecular weight is 373 g/mol. The summed E-state index contributed by atoms with van der Waals surface area (Å²) in [7, 11) is 5.11. The van der Waals surface area contributed by atoms with Crippen LogP contribution in [0, 0.1) is 6.92 Å². The highest BCUT2D eigenvalue weighted by atomic mass is 16.5. The quantitative estimate of drug-likeness (QED) is 0.580. The lowest BCUT2D eigenvalue weighted by Gasteiger charge is -2.17. The number of hydrogen-bond donors (Lipinski definition) is 0. The van der Waals surface area contributed by atoms with Crippen molar-refractivity contribution in [2.24, 2.45) is 7.05 Å². The van der Waals surface area contributed by atoms with Crippen LogP contribution in [0.25, 0.3) is 11.1 Å². The van der Waals surface area contributed by atoms with Crippen LogP contribution in [0.2, 0.25) is 0 Å². The lowest BCUT2D eigenvalue weighted by molar-refractivity contribution is 0.0782. The molecule has 144 valence electrons. The maximum atomic E-state index is 13.0. The smallest absolute Gasteiger partial charge is 0.265 e. The molecule has 0 N–H and O–H groups in total. The summed E-state index contributed by atoms with van der Waals surface area (Å²) < 4.78 is 13.8. The highest BCUT2D eigenvalue weighted by molar-refractivity contribution is 6.06. The highest BCUT2D eigenvalue weighted by Crippen LogP contribution is 2.22. The van der Waals surface area contributed by atoms with Gasteiger partial charge in [-0.2, -0.15) is 5.10 Å². The second-order valence-corrected chi connectivity index (χ2v) is 6.41. The number of hydrogen-bond acceptors (Lipinski definition) is 6. The first-order chi connectivity index (χ1) is 12.9. The summed E-state index contributed by atoms with van der Waals surface area (Å²) in [5.74, 6) is 0.0899. The number of carbonyl (C=O) groups excluding carboxylic acids is 1. The van der Waals surface area contributed by atoms with E-state index in [1.807, 2.05) is 13.1 Å². The van der Waals surface area contributed by atoms with Crippen LogP contribution in [0.3, 0.4) is 0 Å². The highest BCUT2D eigenvalue weighted by Gasteiger charge is 2.25. The van der Waals surface area contributed by atoms with Gasteiger partial charge in [0.15, 0.2) is 0 Å². The van der Waals surface area contributed by atoms with Crippen molar-refractivity contribution in [2.75, 3.05) is 20.8 Å². The molecule has 9 nitrogen and oxygen atoms in total. The van der Waals surface area contributed by atoms with E-state index in [4.69, 9.17) is 9.15 Å². The molecule has 0 aliphatic carbocycles. The van der Waals surface area contributed by atoms with Crippen molar-refractivity contribution in [3.05, 3.63) is 46.0 Å². The molecule has 1 amide bonds. The van der Waals surface area contributed by atoms with E-state index in [2.05, 4.69) is 10.1 Å². The summed E-state index contributed by atoms with van der Waals surface area (Å²) >= 11 is 0. The fraction of sp³-hybridized carbons (Fsp3) is 0.444. The number of furan rings is 1. The van der Waals surface area contributed by atoms with Crippen molar-refractivity contribution in [1.29, 1.82) is 0 Å². The van der Waals surface area contributed by atoms with Gasteiger partial charge in [0, 0.05) is 40.6 Å². The van der Waals surface area contributed by atoms with Crippen LogP contribution < -0.4 is 5.56 Å². The zero-order chi connectivity index (χ0) is 19.6. The number of fused-ring (bicyclic) bond motifs is 1. The second-order valence-electron chi connectivity index (χ2n) is 6.41. The number of carbonyl (C=O) groups is 1. The Bertz CT molecular complexity index is 1020. The summed E-state index contributed by atoms with van der Waals surface area (Å²) in [6, 6.07) is 1.84. The lowest BCUT2D eigenvalue weighted by atomic mass is 10.1. The van der Waals surface area contributed by atoms with E-state index < -0.39 is 0 Å². The Morgan fingerprint density at radius 1 is 1.41 bits per heavy atom. The third kappa shape index (κ3) is 3.63. The second kappa shape index (κ2) is 7.75. The first kappa shape index (κ1) is 18.8. The first-order valence-electron chi connectivity index (χ1n) is 8.63. The molecule has 0 atom stereocenters. The van der Waals surface area contributed by atoms with Crippen molar-refractivity contribution in [1.82, 2.24) is 24.2 Å². The fourth-order valence-electron chi connectivity index (χ4n) is 3.00. The van der Waals surface area contributed by atoms with Crippen LogP contribution in [0.4, 0.5) is 0 Å². The summed E-state index contributed by atoms with van der Waals surface area (Å²) in [5, 5.41) is 4.32. The SMILES string of the molecule is COCCCn1cnc2oc(C)c(C(=O)N(C)Cc3ccnn3C)c2c1=O. The number of aromatic nitrogens is 4. The average Bonchev–Trinajstić information content (AvgIpc) is 3.19. The Kier molecular flexibility index (Phi) is 5.41. The summed E-state index contributed by atoms with van der Waals surface area (Å²) in [5.41, 5.74) is 1.03. The minimum atomic E-state index is -0.291. The minimum Gasteiger partial charge on any atom is -0.442 e. The Balaban J connectivity index is 1.96. The molecular formula is C18H23N5O4. The molecule has 27 heavy (non-hydrogen) atoms. The molecule has 3 aromatic rings. The van der Waals surface area contributed by atoms with E-state index in [0.29, 0.717) is 31.9 Å². The number of rotatable bonds is 7. The van der Waals surface area contributed by atoms with E-state index in [1.165, 1.54) is 15.8 Å². The van der Waals surface area contributed by atoms with E-state index in [1.54, 1.807) is 32.0 Å². The predicted octanol–water partition coefficient (Wildman–Crippen LogP) is 1.34. The molecule has 0 radical (unpaired) electrons. The standard InChI is InChI=1S/C18H23N5O4/c1-12-14(17(24)21(2)10-13-6-7-20-22(13)3)15-16(27-12)19-11-23(18(15)25)8-5-9-26-4/h6-7,11H,5,8-10H2,1-4H3. The van der Waals surface area contributed by atoms with Crippen LogP contribution in [0.5, 0.6) is 0 Å². The van der Waals surface area contributed by atoms with Gasteiger partial charge in [-0.25, -0.2) is 4.98 Å². The molecule has 3 aromatic heterocycles. The van der Waals surface area contributed by atoms with Crippen LogP contribution in [0.1, 0.15) is 28.2 Å². The Morgan fingerprint density at radius 3 is 2.85 bits per heavy atom. The van der Waals surface area contributed by atoms with Crippen LogP contribution in [-0.2, 0) is 24.9 Å². The van der Waals surface area contributed by atoms with Gasteiger partial charge >= 0.3 is 0 Å². The molecule has 0 aliphatic rings. The topological polar surface area (TPSA) is 95.4 Å². The predicted molar refractivity (Wildman–Crippen MR) is 98.5 cm³/mol. The number of amides is 1. The third-order valence-corrected chi connectivity index (χ3v) is 4.48. The van der Waals surface area contributed by atoms with Gasteiger partial charge in [0.1, 0.15) is 17.5 Å². The summed E-state index contributed by atoms with van der Waals surface area (Å²) in [6.07, 6.45) is 3.79. The van der Waals surface area contributed by atoms with Crippen molar-refractivity contribution < 1.29 is 13.9 Å². The van der Waals surface area contributed by atoms with Gasteiger partial charge in [-0.3, -0.25) is 18.8 Å². The van der Waals surface area contributed by atoms with E-state index in [-0.39, 0.29) is 28.1 Å². The minimum absolute atomic E-state index is 0.178. The third-order valence-electron chi connectivity index (χ3n) is 4.48. The van der Waals surface area contributed by atoms with Crippen molar-refractivity contribution in [3.63, 3.8) is 0 Å². The summed E-state index contributed by atoms with van der Waals surface area (Å²) in [4.78, 5) is 31.7. The van der Waals surface area contributed by atoms with Gasteiger partial charge in [-0.05, 0) is 19.4 Å². The molecule has 3 heterocycles. The van der Waals surface area contributed by atoms with Gasteiger partial charge in [0.2, 0.25) is 5.71 Å². The largest absolute Gasteiger partial charge is 0.442 e. The van der Waals surface area contributed by atoms with Crippen molar-refractivity contribution >= 4 is 17.0 Å². The van der Waals surface area contributed by atoms with Gasteiger partial charge in [-0.1, -0.05) is 0 Å². The molecule has 0 spiro atoms. The van der Waals surface area contributed by atoms with E-state index in [9.17, 15) is 9.59 Å². The monoisotopic (exact) mass is 373 g/mol. The number of nitrogens with zero attached hydrogens (tertiary/aromatic N) is 5. The zero-order valence-corrected chi connectivity index (χ0v) is 15.9. The molecule has 0 fully saturated rings. The summed E-state index contributed by atoms with van der Waals surface area (Å²) in [6.45, 7) is 3.03. The molecule has 0 aromatic carbocycles. The maximum Gasteiger partial charge on any atom is 0.265 e. The number of methoxy groups -OCH3 is 1. The normalized spacial score (nSPS) is 11.3. The molecule has 0 saturated heterocycles. The molecular weight excluding hydrogens is 350 g/mol. The van der Waals surface area contributed by atoms with Gasteiger partial charge in [0.25, 0.3) is 11.5 Å². The van der Waals surface area contributed by atoms with E-state index in [0.717, 1.165) is 5.69 Å².